The number of hydrogen-bond donors (Lipinski definition) is 1. The summed E-state index contributed by atoms with van der Waals surface area (Å²) < 4.78 is 0. The smallest absolute Gasteiger partial charge is 0.223 e. The molecule has 0 aliphatic rings. The third kappa shape index (κ3) is 0.889. The van der Waals surface area contributed by atoms with Gasteiger partial charge in [0.1, 0.15) is 0 Å². The Kier molecular flexibility index (Phi) is 1.41. The molecule has 3 heteroatoms. The van der Waals surface area contributed by atoms with Crippen molar-refractivity contribution in [1.82, 2.24) is 0 Å². The number of anilines is 1. The molecule has 0 atom stereocenters. The molecule has 2 nitrogen and oxygen atoms in total. The minimum Gasteiger partial charge on any atom is -0.399 e. The van der Waals surface area contributed by atoms with E-state index in [1.807, 2.05) is 12.3 Å². The summed E-state index contributed by atoms with van der Waals surface area (Å²) in [5.41, 5.74) is 7.05. The van der Waals surface area contributed by atoms with Crippen molar-refractivity contribution in [2.45, 2.75) is 6.92 Å². The maximum Gasteiger partial charge on any atom is 0.223 e. The second-order valence-electron chi connectivity index (χ2n) is 1.74. The van der Waals surface area contributed by atoms with Gasteiger partial charge < -0.3 is 5.73 Å². The van der Waals surface area contributed by atoms with E-state index >= 15 is 0 Å². The average molecular weight is 138 g/mol. The average Bonchev–Trinajstić information content (AvgIpc) is 2.12. The molecule has 0 unspecified atom stereocenters. The van der Waals surface area contributed by atoms with E-state index in [0.717, 1.165) is 5.56 Å². The van der Waals surface area contributed by atoms with E-state index in [0.29, 0.717) is 10.7 Å². The maximum absolute atomic E-state index is 6.69. The molecule has 0 saturated heterocycles. The zero-order chi connectivity index (χ0) is 6.85. The number of nitrogens with zero attached hydrogens (tertiary/aromatic N) is 1. The Morgan fingerprint density at radius 1 is 1.78 bits per heavy atom. The molecule has 1 aromatic heterocycles. The Balaban J connectivity index is 3.27. The molecule has 46 valence electrons. The number of nitrogens with two attached hydrogens (primary N) is 1. The second-order valence-corrected chi connectivity index (χ2v) is 2.65. The van der Waals surface area contributed by atoms with Crippen LogP contribution in [0.4, 0.5) is 10.7 Å². The lowest BCUT2D eigenvalue weighted by Crippen LogP contribution is -1.76. The summed E-state index contributed by atoms with van der Waals surface area (Å²) in [6, 6.07) is 0. The molecule has 9 heavy (non-hydrogen) atoms. The van der Waals surface area contributed by atoms with E-state index in [1.54, 1.807) is 0 Å². The van der Waals surface area contributed by atoms with Crippen LogP contribution >= 0.6 is 11.3 Å². The summed E-state index contributed by atoms with van der Waals surface area (Å²) in [7, 11) is 0. The molecular weight excluding hydrogens is 132 g/mol. The van der Waals surface area contributed by atoms with Crippen LogP contribution in [0.2, 0.25) is 0 Å². The van der Waals surface area contributed by atoms with Crippen molar-refractivity contribution < 1.29 is 0 Å². The molecule has 0 aliphatic heterocycles. The Labute approximate surface area is 57.7 Å². The minimum atomic E-state index is 0.611. The molecule has 1 heterocycles. The van der Waals surface area contributed by atoms with Crippen molar-refractivity contribution in [2.75, 3.05) is 5.73 Å². The van der Waals surface area contributed by atoms with Crippen LogP contribution in [0.1, 0.15) is 5.56 Å². The first-order valence-electron chi connectivity index (χ1n) is 2.46. The first-order valence-corrected chi connectivity index (χ1v) is 3.34. The van der Waals surface area contributed by atoms with Gasteiger partial charge in [-0.15, -0.1) is 11.3 Å². The second kappa shape index (κ2) is 2.08. The van der Waals surface area contributed by atoms with Crippen LogP contribution in [-0.2, 0) is 0 Å². The molecule has 1 rings (SSSR count). The van der Waals surface area contributed by atoms with Gasteiger partial charge in [-0.25, -0.2) is 4.85 Å². The molecule has 0 bridgehead atoms. The van der Waals surface area contributed by atoms with Crippen molar-refractivity contribution >= 4 is 22.0 Å². The van der Waals surface area contributed by atoms with Crippen molar-refractivity contribution in [1.29, 1.82) is 0 Å². The van der Waals surface area contributed by atoms with Crippen LogP contribution in [0.25, 0.3) is 4.85 Å². The van der Waals surface area contributed by atoms with Crippen molar-refractivity contribution in [3.8, 4) is 0 Å². The molecule has 0 radical (unpaired) electrons. The Morgan fingerprint density at radius 2 is 2.44 bits per heavy atom. The largest absolute Gasteiger partial charge is 0.399 e. The van der Waals surface area contributed by atoms with E-state index in [2.05, 4.69) is 4.85 Å². The van der Waals surface area contributed by atoms with Gasteiger partial charge in [-0.2, -0.15) is 0 Å². The van der Waals surface area contributed by atoms with E-state index in [-0.39, 0.29) is 0 Å². The molecular formula is C6H6N2S. The fourth-order valence-electron chi connectivity index (χ4n) is 0.601. The minimum absolute atomic E-state index is 0.611. The van der Waals surface area contributed by atoms with Crippen LogP contribution in [0.15, 0.2) is 5.38 Å². The summed E-state index contributed by atoms with van der Waals surface area (Å²) in [6.07, 6.45) is 0. The quantitative estimate of drug-likeness (QED) is 0.547. The molecule has 0 spiro atoms. The van der Waals surface area contributed by atoms with Crippen LogP contribution < -0.4 is 5.73 Å². The number of thiophene rings is 1. The first-order chi connectivity index (χ1) is 4.25. The molecule has 0 saturated carbocycles. The summed E-state index contributed by atoms with van der Waals surface area (Å²) in [4.78, 5) is 3.27. The zero-order valence-corrected chi connectivity index (χ0v) is 5.83. The molecule has 0 amide bonds. The normalized spacial score (nSPS) is 8.89. The van der Waals surface area contributed by atoms with Crippen molar-refractivity contribution in [3.63, 3.8) is 0 Å². The Morgan fingerprint density at radius 3 is 2.67 bits per heavy atom. The standard InChI is InChI=1S/C6H6N2S/c1-4-3-9-6(7)5(4)8-2/h3H,7H2,1H3. The Hall–Kier alpha value is -1.01. The van der Waals surface area contributed by atoms with E-state index in [4.69, 9.17) is 12.3 Å². The van der Waals surface area contributed by atoms with Gasteiger partial charge in [-0.05, 0) is 17.9 Å². The van der Waals surface area contributed by atoms with Crippen molar-refractivity contribution in [2.24, 2.45) is 0 Å². The monoisotopic (exact) mass is 138 g/mol. The van der Waals surface area contributed by atoms with Crippen molar-refractivity contribution in [3.05, 3.63) is 22.4 Å². The summed E-state index contributed by atoms with van der Waals surface area (Å²) in [5.74, 6) is 0. The number of aryl methyl sites for hydroxylation is 1. The topological polar surface area (TPSA) is 30.4 Å². The summed E-state index contributed by atoms with van der Waals surface area (Å²) in [6.45, 7) is 8.58. The van der Waals surface area contributed by atoms with Gasteiger partial charge in [0.15, 0.2) is 0 Å². The highest BCUT2D eigenvalue weighted by molar-refractivity contribution is 7.14. The lowest BCUT2D eigenvalue weighted by atomic mass is 10.3. The van der Waals surface area contributed by atoms with Crippen LogP contribution in [-0.4, -0.2) is 0 Å². The van der Waals surface area contributed by atoms with E-state index in [1.165, 1.54) is 11.3 Å². The van der Waals surface area contributed by atoms with Gasteiger partial charge >= 0.3 is 0 Å². The van der Waals surface area contributed by atoms with Gasteiger partial charge in [0.25, 0.3) is 0 Å². The fourth-order valence-corrected chi connectivity index (χ4v) is 1.33. The summed E-state index contributed by atoms with van der Waals surface area (Å²) >= 11 is 1.42. The first kappa shape index (κ1) is 6.12. The third-order valence-electron chi connectivity index (χ3n) is 1.08. The SMILES string of the molecule is [C-]#[N+]c1c(C)csc1N. The zero-order valence-electron chi connectivity index (χ0n) is 5.01. The molecule has 0 aliphatic carbocycles. The molecule has 2 N–H and O–H groups in total. The predicted octanol–water partition coefficient (Wildman–Crippen LogP) is 2.19. The highest BCUT2D eigenvalue weighted by Gasteiger charge is 2.02. The number of rotatable bonds is 0. The van der Waals surface area contributed by atoms with Gasteiger partial charge in [0.05, 0.1) is 11.6 Å². The highest BCUT2D eigenvalue weighted by atomic mass is 32.1. The third-order valence-corrected chi connectivity index (χ3v) is 2.00. The molecule has 1 aromatic rings. The van der Waals surface area contributed by atoms with E-state index in [9.17, 15) is 0 Å². The molecule has 0 aromatic carbocycles. The lowest BCUT2D eigenvalue weighted by molar-refractivity contribution is 1.57. The summed E-state index contributed by atoms with van der Waals surface area (Å²) in [5, 5.41) is 2.52. The molecule has 0 fully saturated rings. The van der Waals surface area contributed by atoms with Gasteiger partial charge in [-0.1, -0.05) is 0 Å². The number of nitrogen functional groups attached to an aromatic ring is 1. The number of hydrogen-bond acceptors (Lipinski definition) is 2. The predicted molar refractivity (Wildman–Crippen MR) is 39.7 cm³/mol. The van der Waals surface area contributed by atoms with Gasteiger partial charge in [0, 0.05) is 0 Å². The lowest BCUT2D eigenvalue weighted by Gasteiger charge is -1.84. The van der Waals surface area contributed by atoms with Gasteiger partial charge in [-0.3, -0.25) is 0 Å². The fraction of sp³-hybridized carbons (Fsp3) is 0.167. The Bertz CT molecular complexity index is 237. The highest BCUT2D eigenvalue weighted by Crippen LogP contribution is 2.32. The van der Waals surface area contributed by atoms with Crippen LogP contribution in [0.3, 0.4) is 0 Å². The van der Waals surface area contributed by atoms with Gasteiger partial charge in [0.2, 0.25) is 5.69 Å². The van der Waals surface area contributed by atoms with E-state index < -0.39 is 0 Å². The van der Waals surface area contributed by atoms with Crippen LogP contribution in [0, 0.1) is 13.5 Å². The van der Waals surface area contributed by atoms with Crippen LogP contribution in [0.5, 0.6) is 0 Å². The maximum atomic E-state index is 6.69.